The summed E-state index contributed by atoms with van der Waals surface area (Å²) in [6, 6.07) is 8.17. The molecule has 0 aliphatic heterocycles. The van der Waals surface area contributed by atoms with Crippen LogP contribution >= 0.6 is 11.3 Å². The van der Waals surface area contributed by atoms with Gasteiger partial charge in [-0.1, -0.05) is 17.7 Å². The fourth-order valence-corrected chi connectivity index (χ4v) is 3.07. The minimum Gasteiger partial charge on any atom is -0.494 e. The number of nitrogens with zero attached hydrogens (tertiary/aromatic N) is 2. The smallest absolute Gasteiger partial charge is 0.190 e. The lowest BCUT2D eigenvalue weighted by molar-refractivity contribution is 0.307. The van der Waals surface area contributed by atoms with Gasteiger partial charge < -0.3 is 15.4 Å². The van der Waals surface area contributed by atoms with Crippen molar-refractivity contribution in [1.82, 2.24) is 15.6 Å². The van der Waals surface area contributed by atoms with Gasteiger partial charge in [0, 0.05) is 37.6 Å². The summed E-state index contributed by atoms with van der Waals surface area (Å²) < 4.78 is 5.73. The number of benzene rings is 1. The van der Waals surface area contributed by atoms with Gasteiger partial charge in [0.05, 0.1) is 11.6 Å². The number of aryl methyl sites for hydroxylation is 2. The number of rotatable bonds is 9. The van der Waals surface area contributed by atoms with E-state index in [9.17, 15) is 0 Å². The van der Waals surface area contributed by atoms with Gasteiger partial charge in [0.25, 0.3) is 0 Å². The van der Waals surface area contributed by atoms with E-state index in [-0.39, 0.29) is 0 Å². The predicted octanol–water partition coefficient (Wildman–Crippen LogP) is 3.33. The van der Waals surface area contributed by atoms with Crippen LogP contribution in [0.1, 0.15) is 28.3 Å². The number of hydrogen-bond donors (Lipinski definition) is 2. The van der Waals surface area contributed by atoms with Crippen molar-refractivity contribution in [2.24, 2.45) is 4.99 Å². The standard InChI is InChI=1S/C19H28N4OS/c1-15-6-8-17(9-7-15)24-13-5-4-11-21-19(20-3)22-12-10-18-23-14-16(2)25-18/h6-9,14H,4-5,10-13H2,1-3H3,(H2,20,21,22). The lowest BCUT2D eigenvalue weighted by Gasteiger charge is -2.11. The fraction of sp³-hybridized carbons (Fsp3) is 0.474. The molecule has 0 spiro atoms. The summed E-state index contributed by atoms with van der Waals surface area (Å²) in [5.41, 5.74) is 1.25. The topological polar surface area (TPSA) is 58.5 Å². The van der Waals surface area contributed by atoms with Crippen LogP contribution in [0.25, 0.3) is 0 Å². The molecule has 0 aliphatic carbocycles. The highest BCUT2D eigenvalue weighted by Gasteiger charge is 2.01. The molecule has 0 unspecified atom stereocenters. The third kappa shape index (κ3) is 7.56. The average Bonchev–Trinajstić information content (AvgIpc) is 3.03. The summed E-state index contributed by atoms with van der Waals surface area (Å²) in [7, 11) is 1.80. The summed E-state index contributed by atoms with van der Waals surface area (Å²) in [4.78, 5) is 9.87. The number of thiazole rings is 1. The van der Waals surface area contributed by atoms with Crippen molar-refractivity contribution >= 4 is 17.3 Å². The van der Waals surface area contributed by atoms with Crippen molar-refractivity contribution in [3.8, 4) is 5.75 Å². The maximum Gasteiger partial charge on any atom is 0.190 e. The van der Waals surface area contributed by atoms with Crippen LogP contribution in [0.2, 0.25) is 0 Å². The molecule has 2 aromatic rings. The highest BCUT2D eigenvalue weighted by molar-refractivity contribution is 7.11. The van der Waals surface area contributed by atoms with Gasteiger partial charge in [0.1, 0.15) is 5.75 Å². The molecule has 0 fully saturated rings. The van der Waals surface area contributed by atoms with Gasteiger partial charge >= 0.3 is 0 Å². The molecule has 0 radical (unpaired) electrons. The molecule has 6 heteroatoms. The lowest BCUT2D eigenvalue weighted by atomic mass is 10.2. The van der Waals surface area contributed by atoms with Crippen molar-refractivity contribution in [1.29, 1.82) is 0 Å². The zero-order valence-corrected chi connectivity index (χ0v) is 16.2. The van der Waals surface area contributed by atoms with E-state index in [0.29, 0.717) is 0 Å². The normalized spacial score (nSPS) is 11.4. The summed E-state index contributed by atoms with van der Waals surface area (Å²) in [5.74, 6) is 1.78. The van der Waals surface area contributed by atoms with E-state index in [0.717, 1.165) is 55.7 Å². The predicted molar refractivity (Wildman–Crippen MR) is 106 cm³/mol. The first kappa shape index (κ1) is 19.2. The molecular weight excluding hydrogens is 332 g/mol. The Morgan fingerprint density at radius 2 is 1.88 bits per heavy atom. The van der Waals surface area contributed by atoms with E-state index in [2.05, 4.69) is 46.6 Å². The quantitative estimate of drug-likeness (QED) is 0.409. The van der Waals surface area contributed by atoms with Crippen molar-refractivity contribution in [2.75, 3.05) is 26.7 Å². The van der Waals surface area contributed by atoms with Crippen LogP contribution < -0.4 is 15.4 Å². The van der Waals surface area contributed by atoms with Crippen LogP contribution in [0.4, 0.5) is 0 Å². The van der Waals surface area contributed by atoms with Crippen molar-refractivity contribution in [3.63, 3.8) is 0 Å². The van der Waals surface area contributed by atoms with Crippen LogP contribution in [-0.2, 0) is 6.42 Å². The largest absolute Gasteiger partial charge is 0.494 e. The van der Waals surface area contributed by atoms with Gasteiger partial charge in [-0.15, -0.1) is 11.3 Å². The summed E-state index contributed by atoms with van der Waals surface area (Å²) in [5, 5.41) is 7.82. The number of ether oxygens (including phenoxy) is 1. The highest BCUT2D eigenvalue weighted by atomic mass is 32.1. The second kappa shape index (κ2) is 10.7. The van der Waals surface area contributed by atoms with Gasteiger partial charge in [-0.3, -0.25) is 4.99 Å². The fourth-order valence-electron chi connectivity index (χ4n) is 2.28. The first-order valence-corrected chi connectivity index (χ1v) is 9.54. The molecule has 0 aliphatic rings. The van der Waals surface area contributed by atoms with E-state index >= 15 is 0 Å². The second-order valence-electron chi connectivity index (χ2n) is 5.91. The molecule has 1 aromatic heterocycles. The maximum atomic E-state index is 5.73. The molecule has 0 amide bonds. The van der Waals surface area contributed by atoms with Crippen LogP contribution in [-0.4, -0.2) is 37.7 Å². The molecule has 136 valence electrons. The summed E-state index contributed by atoms with van der Waals surface area (Å²) in [6.07, 6.45) is 4.89. The average molecular weight is 361 g/mol. The first-order chi connectivity index (χ1) is 12.2. The Kier molecular flexibility index (Phi) is 8.25. The molecule has 25 heavy (non-hydrogen) atoms. The Bertz CT molecular complexity index is 652. The van der Waals surface area contributed by atoms with Gasteiger partial charge in [-0.05, 0) is 38.8 Å². The Balaban J connectivity index is 1.52. The minimum absolute atomic E-state index is 0.736. The SMILES string of the molecule is CN=C(NCCCCOc1ccc(C)cc1)NCCc1ncc(C)s1. The number of nitrogens with one attached hydrogen (secondary N) is 2. The Hall–Kier alpha value is -2.08. The molecule has 2 N–H and O–H groups in total. The number of aromatic nitrogens is 1. The lowest BCUT2D eigenvalue weighted by Crippen LogP contribution is -2.38. The van der Waals surface area contributed by atoms with Gasteiger partial charge in [-0.25, -0.2) is 4.98 Å². The number of unbranched alkanes of at least 4 members (excludes halogenated alkanes) is 1. The summed E-state index contributed by atoms with van der Waals surface area (Å²) in [6.45, 7) is 6.61. The third-order valence-electron chi connectivity index (χ3n) is 3.68. The number of hydrogen-bond acceptors (Lipinski definition) is 4. The van der Waals surface area contributed by atoms with Crippen molar-refractivity contribution in [2.45, 2.75) is 33.1 Å². The molecule has 5 nitrogen and oxygen atoms in total. The van der Waals surface area contributed by atoms with Crippen LogP contribution in [0.3, 0.4) is 0 Å². The Morgan fingerprint density at radius 3 is 2.56 bits per heavy atom. The van der Waals surface area contributed by atoms with Crippen molar-refractivity contribution < 1.29 is 4.74 Å². The van der Waals surface area contributed by atoms with Crippen LogP contribution in [0.15, 0.2) is 35.5 Å². The van der Waals surface area contributed by atoms with E-state index in [1.807, 2.05) is 18.3 Å². The molecule has 0 saturated heterocycles. The van der Waals surface area contributed by atoms with Crippen molar-refractivity contribution in [3.05, 3.63) is 45.9 Å². The molecule has 0 bridgehead atoms. The summed E-state index contributed by atoms with van der Waals surface area (Å²) >= 11 is 1.75. The zero-order valence-electron chi connectivity index (χ0n) is 15.3. The molecule has 1 aromatic carbocycles. The van der Waals surface area contributed by atoms with Gasteiger partial charge in [0.15, 0.2) is 5.96 Å². The van der Waals surface area contributed by atoms with Crippen LogP contribution in [0.5, 0.6) is 5.75 Å². The molecule has 0 saturated carbocycles. The molecular formula is C19H28N4OS. The van der Waals surface area contributed by atoms with E-state index < -0.39 is 0 Å². The third-order valence-corrected chi connectivity index (χ3v) is 4.65. The monoisotopic (exact) mass is 360 g/mol. The molecule has 1 heterocycles. The van der Waals surface area contributed by atoms with Gasteiger partial charge in [0.2, 0.25) is 0 Å². The first-order valence-electron chi connectivity index (χ1n) is 8.72. The Morgan fingerprint density at radius 1 is 1.12 bits per heavy atom. The van der Waals surface area contributed by atoms with E-state index in [1.54, 1.807) is 18.4 Å². The minimum atomic E-state index is 0.736. The van der Waals surface area contributed by atoms with E-state index in [1.165, 1.54) is 10.4 Å². The zero-order chi connectivity index (χ0) is 17.9. The maximum absolute atomic E-state index is 5.73. The number of guanidine groups is 1. The number of aliphatic imine (C=N–C) groups is 1. The van der Waals surface area contributed by atoms with Crippen LogP contribution in [0, 0.1) is 13.8 Å². The highest BCUT2D eigenvalue weighted by Crippen LogP contribution is 2.12. The van der Waals surface area contributed by atoms with E-state index in [4.69, 9.17) is 4.74 Å². The molecule has 0 atom stereocenters. The van der Waals surface area contributed by atoms with Gasteiger partial charge in [-0.2, -0.15) is 0 Å². The Labute approximate surface area is 154 Å². The molecule has 2 rings (SSSR count). The second-order valence-corrected chi connectivity index (χ2v) is 7.23.